The van der Waals surface area contributed by atoms with Crippen molar-refractivity contribution in [2.45, 2.75) is 59.5 Å². The molecule has 15 heavy (non-hydrogen) atoms. The van der Waals surface area contributed by atoms with Crippen LogP contribution in [0.5, 0.6) is 0 Å². The monoisotopic (exact) mass is 211 g/mol. The van der Waals surface area contributed by atoms with Gasteiger partial charge < -0.3 is 4.90 Å². The summed E-state index contributed by atoms with van der Waals surface area (Å²) in [5.74, 6) is 0.657. The number of carbonyl (C=O) groups is 1. The Bertz CT molecular complexity index is 201. The van der Waals surface area contributed by atoms with Crippen LogP contribution >= 0.6 is 0 Å². The van der Waals surface area contributed by atoms with Gasteiger partial charge in [-0.2, -0.15) is 0 Å². The molecule has 0 rings (SSSR count). The van der Waals surface area contributed by atoms with Crippen LogP contribution in [0.25, 0.3) is 0 Å². The van der Waals surface area contributed by atoms with Gasteiger partial charge in [-0.15, -0.1) is 6.58 Å². The van der Waals surface area contributed by atoms with Crippen molar-refractivity contribution >= 4 is 5.91 Å². The van der Waals surface area contributed by atoms with Crippen LogP contribution in [0.4, 0.5) is 0 Å². The topological polar surface area (TPSA) is 20.3 Å². The number of amides is 1. The van der Waals surface area contributed by atoms with E-state index in [1.807, 2.05) is 11.0 Å². The molecule has 0 fully saturated rings. The van der Waals surface area contributed by atoms with E-state index in [1.165, 1.54) is 0 Å². The molecule has 0 aliphatic heterocycles. The van der Waals surface area contributed by atoms with Gasteiger partial charge in [0.15, 0.2) is 0 Å². The summed E-state index contributed by atoms with van der Waals surface area (Å²) < 4.78 is 0. The molecule has 2 heteroatoms. The van der Waals surface area contributed by atoms with Gasteiger partial charge in [-0.3, -0.25) is 4.79 Å². The molecule has 0 aromatic rings. The van der Waals surface area contributed by atoms with Gasteiger partial charge in [0.05, 0.1) is 0 Å². The first-order valence-electron chi connectivity index (χ1n) is 5.82. The molecule has 0 N–H and O–H groups in total. The maximum absolute atomic E-state index is 12.0. The minimum atomic E-state index is 0.259. The van der Waals surface area contributed by atoms with Crippen LogP contribution in [0, 0.1) is 5.92 Å². The van der Waals surface area contributed by atoms with Crippen LogP contribution in [-0.2, 0) is 4.79 Å². The molecule has 2 nitrogen and oxygen atoms in total. The third-order valence-corrected chi connectivity index (χ3v) is 2.49. The predicted octanol–water partition coefficient (Wildman–Crippen LogP) is 3.23. The Morgan fingerprint density at radius 1 is 1.20 bits per heavy atom. The first kappa shape index (κ1) is 14.2. The Balaban J connectivity index is 4.32. The van der Waals surface area contributed by atoms with Crippen LogP contribution in [-0.4, -0.2) is 22.9 Å². The minimum absolute atomic E-state index is 0.259. The lowest BCUT2D eigenvalue weighted by Crippen LogP contribution is -2.42. The maximum Gasteiger partial charge on any atom is 0.223 e. The average Bonchev–Trinajstić information content (AvgIpc) is 2.01. The van der Waals surface area contributed by atoms with E-state index in [2.05, 4.69) is 41.2 Å². The summed E-state index contributed by atoms with van der Waals surface area (Å²) >= 11 is 0. The van der Waals surface area contributed by atoms with Gasteiger partial charge in [-0.1, -0.05) is 13.0 Å². The Kier molecular flexibility index (Phi) is 6.30. The highest BCUT2D eigenvalue weighted by molar-refractivity contribution is 5.77. The average molecular weight is 211 g/mol. The van der Waals surface area contributed by atoms with E-state index in [-0.39, 0.29) is 18.0 Å². The Morgan fingerprint density at radius 3 is 2.00 bits per heavy atom. The summed E-state index contributed by atoms with van der Waals surface area (Å²) in [4.78, 5) is 14.0. The fourth-order valence-electron chi connectivity index (χ4n) is 1.94. The second-order valence-corrected chi connectivity index (χ2v) is 4.82. The zero-order chi connectivity index (χ0) is 12.0. The molecule has 0 aromatic heterocycles. The standard InChI is InChI=1S/C13H25NO/c1-7-8-12(6)9-13(15)14(10(2)3)11(4)5/h7,10-12H,1,8-9H2,2-6H3. The van der Waals surface area contributed by atoms with E-state index < -0.39 is 0 Å². The first-order valence-corrected chi connectivity index (χ1v) is 5.82. The van der Waals surface area contributed by atoms with Gasteiger partial charge >= 0.3 is 0 Å². The van der Waals surface area contributed by atoms with Crippen molar-refractivity contribution < 1.29 is 4.79 Å². The van der Waals surface area contributed by atoms with E-state index >= 15 is 0 Å². The molecule has 0 aliphatic carbocycles. The molecular formula is C13H25NO. The third kappa shape index (κ3) is 5.01. The zero-order valence-corrected chi connectivity index (χ0v) is 10.8. The summed E-state index contributed by atoms with van der Waals surface area (Å²) in [6.45, 7) is 14.1. The second-order valence-electron chi connectivity index (χ2n) is 4.82. The van der Waals surface area contributed by atoms with E-state index in [1.54, 1.807) is 0 Å². The Hall–Kier alpha value is -0.790. The van der Waals surface area contributed by atoms with Crippen molar-refractivity contribution in [2.75, 3.05) is 0 Å². The van der Waals surface area contributed by atoms with E-state index in [0.29, 0.717) is 12.3 Å². The molecule has 0 bridgehead atoms. The smallest absolute Gasteiger partial charge is 0.223 e. The highest BCUT2D eigenvalue weighted by Gasteiger charge is 2.21. The summed E-state index contributed by atoms with van der Waals surface area (Å²) in [5.41, 5.74) is 0. The molecule has 0 radical (unpaired) electrons. The minimum Gasteiger partial charge on any atom is -0.338 e. The van der Waals surface area contributed by atoms with Crippen LogP contribution in [0.15, 0.2) is 12.7 Å². The van der Waals surface area contributed by atoms with Gasteiger partial charge in [-0.05, 0) is 40.0 Å². The van der Waals surface area contributed by atoms with E-state index in [4.69, 9.17) is 0 Å². The molecule has 1 atom stereocenters. The highest BCUT2D eigenvalue weighted by Crippen LogP contribution is 2.14. The van der Waals surface area contributed by atoms with Crippen molar-refractivity contribution in [1.82, 2.24) is 4.90 Å². The number of rotatable bonds is 6. The van der Waals surface area contributed by atoms with Crippen molar-refractivity contribution in [3.05, 3.63) is 12.7 Å². The first-order chi connectivity index (χ1) is 6.90. The van der Waals surface area contributed by atoms with Crippen LogP contribution < -0.4 is 0 Å². The van der Waals surface area contributed by atoms with Crippen LogP contribution in [0.3, 0.4) is 0 Å². The van der Waals surface area contributed by atoms with Crippen molar-refractivity contribution in [3.63, 3.8) is 0 Å². The number of hydrogen-bond acceptors (Lipinski definition) is 1. The number of hydrogen-bond donors (Lipinski definition) is 0. The molecule has 0 aliphatic rings. The van der Waals surface area contributed by atoms with Crippen molar-refractivity contribution in [1.29, 1.82) is 0 Å². The largest absolute Gasteiger partial charge is 0.338 e. The molecule has 0 saturated carbocycles. The van der Waals surface area contributed by atoms with Crippen molar-refractivity contribution in [2.24, 2.45) is 5.92 Å². The molecule has 1 amide bonds. The summed E-state index contributed by atoms with van der Waals surface area (Å²) in [7, 11) is 0. The van der Waals surface area contributed by atoms with Crippen molar-refractivity contribution in [3.8, 4) is 0 Å². The molecule has 0 heterocycles. The fraction of sp³-hybridized carbons (Fsp3) is 0.769. The molecule has 0 spiro atoms. The molecule has 0 saturated heterocycles. The van der Waals surface area contributed by atoms with Gasteiger partial charge in [0.1, 0.15) is 0 Å². The number of nitrogens with zero attached hydrogens (tertiary/aromatic N) is 1. The fourth-order valence-corrected chi connectivity index (χ4v) is 1.94. The second kappa shape index (κ2) is 6.65. The van der Waals surface area contributed by atoms with E-state index in [0.717, 1.165) is 6.42 Å². The highest BCUT2D eigenvalue weighted by atomic mass is 16.2. The lowest BCUT2D eigenvalue weighted by molar-refractivity contribution is -0.135. The summed E-state index contributed by atoms with van der Waals surface area (Å²) in [5, 5.41) is 0. The number of allylic oxidation sites excluding steroid dienone is 1. The summed E-state index contributed by atoms with van der Waals surface area (Å²) in [6, 6.07) is 0.571. The summed E-state index contributed by atoms with van der Waals surface area (Å²) in [6.07, 6.45) is 3.42. The maximum atomic E-state index is 12.0. The number of carbonyl (C=O) groups excluding carboxylic acids is 1. The van der Waals surface area contributed by atoms with Gasteiger partial charge in [-0.25, -0.2) is 0 Å². The van der Waals surface area contributed by atoms with Crippen LogP contribution in [0.2, 0.25) is 0 Å². The zero-order valence-electron chi connectivity index (χ0n) is 10.8. The van der Waals surface area contributed by atoms with Gasteiger partial charge in [0.25, 0.3) is 0 Å². The quantitative estimate of drug-likeness (QED) is 0.618. The van der Waals surface area contributed by atoms with E-state index in [9.17, 15) is 4.79 Å². The molecule has 1 unspecified atom stereocenters. The van der Waals surface area contributed by atoms with Gasteiger partial charge in [0, 0.05) is 18.5 Å². The third-order valence-electron chi connectivity index (χ3n) is 2.49. The molecular weight excluding hydrogens is 186 g/mol. The lowest BCUT2D eigenvalue weighted by atomic mass is 10.0. The Morgan fingerprint density at radius 2 is 1.67 bits per heavy atom. The normalized spacial score (nSPS) is 13.0. The van der Waals surface area contributed by atoms with Gasteiger partial charge in [0.2, 0.25) is 5.91 Å². The molecule has 0 aromatic carbocycles. The molecule has 88 valence electrons. The van der Waals surface area contributed by atoms with Crippen LogP contribution in [0.1, 0.15) is 47.5 Å². The lowest BCUT2D eigenvalue weighted by Gasteiger charge is -2.31. The SMILES string of the molecule is C=CCC(C)CC(=O)N(C(C)C)C(C)C. The predicted molar refractivity (Wildman–Crippen MR) is 65.7 cm³/mol. The Labute approximate surface area is 94.4 Å².